The van der Waals surface area contributed by atoms with Crippen LogP contribution in [0.3, 0.4) is 0 Å². The molecule has 0 atom stereocenters. The van der Waals surface area contributed by atoms with Crippen LogP contribution < -0.4 is 85.1 Å². The number of nitrogens with one attached hydrogen (secondary N) is 16. The van der Waals surface area contributed by atoms with Crippen molar-refractivity contribution >= 4 is 210 Å². The zero-order chi connectivity index (χ0) is 102. The van der Waals surface area contributed by atoms with Gasteiger partial charge in [0.25, 0.3) is 0 Å². The third-order valence-corrected chi connectivity index (χ3v) is 21.7. The van der Waals surface area contributed by atoms with Gasteiger partial charge in [0.1, 0.15) is 26.4 Å². The number of aliphatic imine (C=N–C) groups is 4. The highest BCUT2D eigenvalue weighted by Crippen LogP contribution is 2.09. The van der Waals surface area contributed by atoms with Gasteiger partial charge in [0, 0.05) is 237 Å². The fourth-order valence-corrected chi connectivity index (χ4v) is 12.9. The van der Waals surface area contributed by atoms with Crippen LogP contribution in [0.2, 0.25) is 0 Å². The van der Waals surface area contributed by atoms with Crippen molar-refractivity contribution in [2.24, 2.45) is 20.0 Å². The van der Waals surface area contributed by atoms with Crippen LogP contribution >= 0.6 is 97.7 Å². The fourth-order valence-electron chi connectivity index (χ4n) is 12.2. The molecule has 0 aliphatic rings. The van der Waals surface area contributed by atoms with E-state index in [0.29, 0.717) is 176 Å². The Morgan fingerprint density at radius 1 is 0.217 bits per heavy atom. The number of carbonyl (C=O) groups excluding carboxylic acids is 12. The van der Waals surface area contributed by atoms with Crippen LogP contribution in [-0.4, -0.2) is 370 Å². The lowest BCUT2D eigenvalue weighted by Gasteiger charge is -2.23. The maximum absolute atomic E-state index is 13.2. The molecule has 0 aliphatic heterocycles. The summed E-state index contributed by atoms with van der Waals surface area (Å²) in [4.78, 5) is 173. The first-order chi connectivity index (χ1) is 66.9. The quantitative estimate of drug-likeness (QED) is 0.0144. The van der Waals surface area contributed by atoms with Crippen LogP contribution in [0.25, 0.3) is 0 Å². The van der Waals surface area contributed by atoms with Crippen molar-refractivity contribution in [2.45, 2.75) is 205 Å². The second-order valence-corrected chi connectivity index (χ2v) is 33.2. The van der Waals surface area contributed by atoms with Crippen molar-refractivity contribution in [2.75, 3.05) is 238 Å². The second-order valence-electron chi connectivity index (χ2n) is 30.8. The average molecular weight is 2090 g/mol. The number of hydrogen-bond acceptors (Lipinski definition) is 30. The molecule has 0 fully saturated rings. The van der Waals surface area contributed by atoms with Crippen molar-refractivity contribution < 1.29 is 86.0 Å². The van der Waals surface area contributed by atoms with Gasteiger partial charge in [-0.3, -0.25) is 38.4 Å². The van der Waals surface area contributed by atoms with Gasteiger partial charge in [0.2, 0.25) is 47.3 Å². The van der Waals surface area contributed by atoms with Gasteiger partial charge in [0.05, 0.1) is 47.1 Å². The molecule has 138 heavy (non-hydrogen) atoms. The molecule has 0 radical (unpaired) electrons. The third-order valence-electron chi connectivity index (χ3n) is 19.8. The highest BCUT2D eigenvalue weighted by molar-refractivity contribution is 7.81. The van der Waals surface area contributed by atoms with E-state index in [1.807, 2.05) is 0 Å². The van der Waals surface area contributed by atoms with E-state index < -0.39 is 24.4 Å². The SMILES string of the molecule is CNC(=S)NCCCCCC(=O)NCCN(CCNC(=O)CCCCCNC(=S)NC)C(=O)OCCOCCOC(=O)N(CCNC(=O)CCCCCNC(=S)NC)CCNC(=O)CCCCCNC(=S)NC.O=C(CCCCCN=C=S)NCCN(CCNC(=O)CCCCCN=C=S)C(=O)OCCOCCOC(=O)N(CCNC(=O)CCCCCN=C=S)CCNC(=O)CCCCCN=C=S. The summed E-state index contributed by atoms with van der Waals surface area (Å²) in [5.41, 5.74) is 0. The van der Waals surface area contributed by atoms with Crippen molar-refractivity contribution in [3.05, 3.63) is 0 Å². The van der Waals surface area contributed by atoms with E-state index in [1.54, 1.807) is 28.2 Å². The predicted molar refractivity (Wildman–Crippen MR) is 563 cm³/mol. The number of ether oxygens (including phenoxy) is 6. The van der Waals surface area contributed by atoms with Crippen LogP contribution in [-0.2, 0) is 66.8 Å². The molecular weight excluding hydrogens is 1940 g/mol. The number of amides is 12. The molecule has 16 N–H and O–H groups in total. The van der Waals surface area contributed by atoms with Crippen LogP contribution in [0.15, 0.2) is 20.0 Å². The minimum absolute atomic E-state index is 0.0111. The van der Waals surface area contributed by atoms with Crippen molar-refractivity contribution in [3.63, 3.8) is 0 Å². The van der Waals surface area contributed by atoms with E-state index in [9.17, 15) is 57.5 Å². The van der Waals surface area contributed by atoms with Gasteiger partial charge in [-0.05, 0) is 200 Å². The number of rotatable bonds is 84. The number of hydrogen-bond donors (Lipinski definition) is 16. The second kappa shape index (κ2) is 97.9. The molecule has 0 aromatic rings. The number of unbranched alkanes of at least 4 members (excludes halogenated alkanes) is 16. The van der Waals surface area contributed by atoms with Gasteiger partial charge in [-0.15, -0.1) is 0 Å². The first-order valence-electron chi connectivity index (χ1n) is 47.9. The monoisotopic (exact) mass is 2090 g/mol. The Kier molecular flexibility index (Phi) is 92.8. The molecule has 0 unspecified atom stereocenters. The molecule has 12 amide bonds. The maximum Gasteiger partial charge on any atom is 0.409 e. The number of nitrogens with zero attached hydrogens (tertiary/aromatic N) is 8. The molecule has 0 bridgehead atoms. The van der Waals surface area contributed by atoms with E-state index in [2.05, 4.69) is 175 Å². The largest absolute Gasteiger partial charge is 0.447 e. The Morgan fingerprint density at radius 3 is 0.529 bits per heavy atom. The minimum atomic E-state index is -0.648. The third kappa shape index (κ3) is 88.2. The van der Waals surface area contributed by atoms with Gasteiger partial charge < -0.3 is 133 Å². The molecule has 784 valence electrons. The molecule has 0 aromatic heterocycles. The summed E-state index contributed by atoms with van der Waals surface area (Å²) >= 11 is 38.5. The summed E-state index contributed by atoms with van der Waals surface area (Å²) in [5, 5.41) is 58.0. The Labute approximate surface area is 858 Å². The Bertz CT molecular complexity index is 3230. The fraction of sp³-hybridized carbons (Fsp3) is 0.773. The normalized spacial score (nSPS) is 10.2. The molecule has 0 saturated heterocycles. The van der Waals surface area contributed by atoms with E-state index in [1.165, 1.54) is 19.6 Å². The molecular formula is C88H156N24O18S8. The maximum atomic E-state index is 13.2. The number of isothiocyanates is 4. The first-order valence-corrected chi connectivity index (χ1v) is 51.1. The molecule has 0 rings (SSSR count). The highest BCUT2D eigenvalue weighted by Gasteiger charge is 2.22. The molecule has 0 aromatic carbocycles. The summed E-state index contributed by atoms with van der Waals surface area (Å²) in [6, 6.07) is 0. The molecule has 0 aliphatic carbocycles. The van der Waals surface area contributed by atoms with Crippen LogP contribution in [0, 0.1) is 0 Å². The summed E-state index contributed by atoms with van der Waals surface area (Å²) in [7, 11) is 7.00. The van der Waals surface area contributed by atoms with E-state index in [0.717, 1.165) is 103 Å². The zero-order valence-electron chi connectivity index (χ0n) is 81.4. The smallest absolute Gasteiger partial charge is 0.409 e. The van der Waals surface area contributed by atoms with Gasteiger partial charge >= 0.3 is 24.4 Å². The number of carbonyl (C=O) groups is 12. The Hall–Kier alpha value is -9.28. The lowest BCUT2D eigenvalue weighted by Crippen LogP contribution is -2.43. The lowest BCUT2D eigenvalue weighted by molar-refractivity contribution is -0.122. The lowest BCUT2D eigenvalue weighted by atomic mass is 10.2. The van der Waals surface area contributed by atoms with Crippen molar-refractivity contribution in [3.8, 4) is 0 Å². The molecule has 42 nitrogen and oxygen atoms in total. The van der Waals surface area contributed by atoms with Gasteiger partial charge in [-0.1, -0.05) is 51.4 Å². The average Bonchev–Trinajstić information content (AvgIpc) is 0.940. The van der Waals surface area contributed by atoms with Crippen LogP contribution in [0.1, 0.15) is 205 Å². The van der Waals surface area contributed by atoms with E-state index in [4.69, 9.17) is 77.3 Å². The first kappa shape index (κ1) is 131. The molecule has 0 spiro atoms. The standard InChI is InChI=1S/C46H88N14O9S4.C42H68N10O9S4/c1-47-41(70)55-21-13-5-9-17-37(61)51-25-29-59(30-26-52-38(62)18-10-6-14-22-56-42(71)48-2)45(65)68-35-33-67-34-36-69-46(66)60(31-27-53-39(63)19-11-7-15-23-57-43(72)49-3)32-28-54-40(64)20-12-8-16-24-58-44(73)50-4;53-37(13-5-1-9-17-43-33-62)47-21-25-51(26-22-48-38(54)14-6-2-10-18-44-34-63)41(57)60-31-29-59-30-32-61-42(58)52(27-23-49-39(55)15-7-3-11-19-45-35-64)28-24-50-40(56)16-8-4-12-20-46-36-65/h5-36H2,1-4H3,(H,51,61)(H,52,62)(H,53,63)(H,54,64)(H2,47,55,70)(H2,48,56,71)(H2,49,57,72)(H2,50,58,73);1-32H2,(H,47,53)(H,48,54)(H,49,55)(H,50,56). The molecule has 0 saturated carbocycles. The summed E-state index contributed by atoms with van der Waals surface area (Å²) < 4.78 is 32.9. The minimum Gasteiger partial charge on any atom is -0.447 e. The molecule has 0 heterocycles. The highest BCUT2D eigenvalue weighted by atomic mass is 32.1. The molecule has 50 heteroatoms. The van der Waals surface area contributed by atoms with E-state index in [-0.39, 0.29) is 205 Å². The predicted octanol–water partition coefficient (Wildman–Crippen LogP) is 5.96. The zero-order valence-corrected chi connectivity index (χ0v) is 88.0. The van der Waals surface area contributed by atoms with E-state index >= 15 is 0 Å². The Balaban J connectivity index is 0. The van der Waals surface area contributed by atoms with Crippen LogP contribution in [0.4, 0.5) is 19.2 Å². The topological polar surface area (TPSA) is 515 Å². The summed E-state index contributed by atoms with van der Waals surface area (Å²) in [5.74, 6) is -1.09. The van der Waals surface area contributed by atoms with Gasteiger partial charge in [-0.25, -0.2) is 39.1 Å². The van der Waals surface area contributed by atoms with Crippen molar-refractivity contribution in [1.29, 1.82) is 0 Å². The van der Waals surface area contributed by atoms with Crippen LogP contribution in [0.5, 0.6) is 0 Å². The van der Waals surface area contributed by atoms with Gasteiger partial charge in [-0.2, -0.15) is 0 Å². The Morgan fingerprint density at radius 2 is 0.377 bits per heavy atom. The van der Waals surface area contributed by atoms with Gasteiger partial charge in [0.15, 0.2) is 20.4 Å². The van der Waals surface area contributed by atoms with Crippen molar-refractivity contribution in [1.82, 2.24) is 105 Å². The summed E-state index contributed by atoms with van der Waals surface area (Å²) in [6.07, 6.45) is 19.1. The number of thiocarbonyl (C=S) groups is 8. The summed E-state index contributed by atoms with van der Waals surface area (Å²) in [6.45, 7) is 7.61.